The van der Waals surface area contributed by atoms with Gasteiger partial charge in [-0.25, -0.2) is 0 Å². The Balaban J connectivity index is 2.06. The molecule has 0 aliphatic carbocycles. The largest absolute Gasteiger partial charge is 0.368 e. The highest BCUT2D eigenvalue weighted by molar-refractivity contribution is 5.43. The van der Waals surface area contributed by atoms with Gasteiger partial charge in [0.1, 0.15) is 5.82 Å². The van der Waals surface area contributed by atoms with E-state index in [9.17, 15) is 0 Å². The normalized spacial score (nSPS) is 12.9. The molecule has 0 bridgehead atoms. The minimum absolute atomic E-state index is 0.511. The fourth-order valence-corrected chi connectivity index (χ4v) is 1.46. The van der Waals surface area contributed by atoms with Crippen LogP contribution in [0.1, 0.15) is 13.3 Å². The van der Waals surface area contributed by atoms with Crippen molar-refractivity contribution >= 4 is 11.5 Å². The second-order valence-corrected chi connectivity index (χ2v) is 3.80. The molecule has 0 amide bonds. The molecule has 0 aliphatic rings. The maximum atomic E-state index is 5.49. The summed E-state index contributed by atoms with van der Waals surface area (Å²) in [6.45, 7) is 3.68. The van der Waals surface area contributed by atoms with Gasteiger partial charge in [0.15, 0.2) is 5.65 Å². The first kappa shape index (κ1) is 10.7. The summed E-state index contributed by atoms with van der Waals surface area (Å²) in [6.07, 6.45) is 4.32. The molecule has 0 aromatic carbocycles. The van der Waals surface area contributed by atoms with Crippen molar-refractivity contribution in [2.45, 2.75) is 13.3 Å². The van der Waals surface area contributed by atoms with E-state index in [1.54, 1.807) is 16.9 Å². The van der Waals surface area contributed by atoms with Crippen LogP contribution in [-0.4, -0.2) is 38.1 Å². The average molecular weight is 221 g/mol. The van der Waals surface area contributed by atoms with Gasteiger partial charge in [-0.15, -0.1) is 5.10 Å². The van der Waals surface area contributed by atoms with Gasteiger partial charge in [-0.2, -0.15) is 4.52 Å². The van der Waals surface area contributed by atoms with Crippen LogP contribution in [0.2, 0.25) is 0 Å². The first-order valence-electron chi connectivity index (χ1n) is 5.27. The Bertz CT molecular complexity index is 452. The van der Waals surface area contributed by atoms with Crippen LogP contribution in [0.3, 0.4) is 0 Å². The summed E-state index contributed by atoms with van der Waals surface area (Å²) in [5, 5.41) is 14.5. The smallest absolute Gasteiger partial charge is 0.199 e. The van der Waals surface area contributed by atoms with Crippen molar-refractivity contribution in [1.29, 1.82) is 0 Å². The molecular formula is C9H15N7. The molecule has 2 aromatic heterocycles. The summed E-state index contributed by atoms with van der Waals surface area (Å²) in [5.74, 6) is 1.31. The third-order valence-electron chi connectivity index (χ3n) is 2.40. The summed E-state index contributed by atoms with van der Waals surface area (Å²) in [7, 11) is 0. The van der Waals surface area contributed by atoms with Gasteiger partial charge in [0.05, 0.1) is 12.4 Å². The van der Waals surface area contributed by atoms with Gasteiger partial charge in [-0.3, -0.25) is 4.98 Å². The van der Waals surface area contributed by atoms with Crippen LogP contribution < -0.4 is 11.1 Å². The molecule has 2 aromatic rings. The molecule has 3 N–H and O–H groups in total. The monoisotopic (exact) mass is 221 g/mol. The topological polar surface area (TPSA) is 94.0 Å². The number of tetrazole rings is 1. The fourth-order valence-electron chi connectivity index (χ4n) is 1.46. The molecule has 7 heteroatoms. The molecule has 0 aliphatic heterocycles. The van der Waals surface area contributed by atoms with Gasteiger partial charge < -0.3 is 11.1 Å². The second-order valence-electron chi connectivity index (χ2n) is 3.80. The highest BCUT2D eigenvalue weighted by Crippen LogP contribution is 2.08. The Morgan fingerprint density at radius 2 is 2.38 bits per heavy atom. The number of rotatable bonds is 5. The van der Waals surface area contributed by atoms with Crippen molar-refractivity contribution in [3.8, 4) is 0 Å². The molecule has 0 saturated heterocycles. The molecule has 16 heavy (non-hydrogen) atoms. The van der Waals surface area contributed by atoms with Crippen LogP contribution in [0.4, 0.5) is 5.82 Å². The lowest BCUT2D eigenvalue weighted by Gasteiger charge is -2.12. The van der Waals surface area contributed by atoms with E-state index in [-0.39, 0.29) is 0 Å². The number of anilines is 1. The van der Waals surface area contributed by atoms with Gasteiger partial charge in [0.2, 0.25) is 0 Å². The molecular weight excluding hydrogens is 206 g/mol. The SMILES string of the molecule is CC(CCN)CNc1cncc2nnnn12. The van der Waals surface area contributed by atoms with Crippen molar-refractivity contribution in [2.75, 3.05) is 18.4 Å². The number of hydrogen-bond donors (Lipinski definition) is 2. The van der Waals surface area contributed by atoms with E-state index in [0.29, 0.717) is 18.1 Å². The Kier molecular flexibility index (Phi) is 3.25. The van der Waals surface area contributed by atoms with Crippen molar-refractivity contribution in [2.24, 2.45) is 11.7 Å². The molecule has 2 rings (SSSR count). The van der Waals surface area contributed by atoms with E-state index in [4.69, 9.17) is 5.73 Å². The summed E-state index contributed by atoms with van der Waals surface area (Å²) >= 11 is 0. The molecule has 2 heterocycles. The minimum atomic E-state index is 0.511. The van der Waals surface area contributed by atoms with Gasteiger partial charge >= 0.3 is 0 Å². The first-order valence-corrected chi connectivity index (χ1v) is 5.27. The number of aromatic nitrogens is 5. The lowest BCUT2D eigenvalue weighted by atomic mass is 10.1. The average Bonchev–Trinajstić information content (AvgIpc) is 2.75. The highest BCUT2D eigenvalue weighted by Gasteiger charge is 2.05. The van der Waals surface area contributed by atoms with E-state index in [0.717, 1.165) is 18.8 Å². The number of hydrogen-bond acceptors (Lipinski definition) is 6. The van der Waals surface area contributed by atoms with Gasteiger partial charge in [-0.1, -0.05) is 6.92 Å². The maximum Gasteiger partial charge on any atom is 0.199 e. The maximum absolute atomic E-state index is 5.49. The quantitative estimate of drug-likeness (QED) is 0.733. The summed E-state index contributed by atoms with van der Waals surface area (Å²) in [5.41, 5.74) is 6.13. The standard InChI is InChI=1S/C9H15N7/c1-7(2-3-10)4-12-8-5-11-6-9-13-14-15-16(8)9/h5-7,12H,2-4,10H2,1H3. The third kappa shape index (κ3) is 2.25. The fraction of sp³-hybridized carbons (Fsp3) is 0.556. The zero-order chi connectivity index (χ0) is 11.4. The lowest BCUT2D eigenvalue weighted by molar-refractivity contribution is 0.566. The van der Waals surface area contributed by atoms with E-state index in [2.05, 4.69) is 32.7 Å². The molecule has 0 fully saturated rings. The Morgan fingerprint density at radius 1 is 1.50 bits per heavy atom. The van der Waals surface area contributed by atoms with Crippen LogP contribution >= 0.6 is 0 Å². The third-order valence-corrected chi connectivity index (χ3v) is 2.40. The summed E-state index contributed by atoms with van der Waals surface area (Å²) < 4.78 is 1.63. The molecule has 0 spiro atoms. The van der Waals surface area contributed by atoms with Crippen LogP contribution in [-0.2, 0) is 0 Å². The summed E-state index contributed by atoms with van der Waals surface area (Å²) in [6, 6.07) is 0. The van der Waals surface area contributed by atoms with Crippen molar-refractivity contribution in [3.05, 3.63) is 12.4 Å². The molecule has 1 atom stereocenters. The van der Waals surface area contributed by atoms with Gasteiger partial charge in [0, 0.05) is 6.54 Å². The van der Waals surface area contributed by atoms with Gasteiger partial charge in [0.25, 0.3) is 0 Å². The second kappa shape index (κ2) is 4.84. The van der Waals surface area contributed by atoms with Crippen molar-refractivity contribution in [1.82, 2.24) is 25.0 Å². The van der Waals surface area contributed by atoms with E-state index >= 15 is 0 Å². The van der Waals surface area contributed by atoms with Crippen LogP contribution in [0.5, 0.6) is 0 Å². The van der Waals surface area contributed by atoms with Crippen molar-refractivity contribution < 1.29 is 0 Å². The van der Waals surface area contributed by atoms with Crippen LogP contribution in [0.15, 0.2) is 12.4 Å². The Morgan fingerprint density at radius 3 is 3.19 bits per heavy atom. The van der Waals surface area contributed by atoms with Crippen LogP contribution in [0.25, 0.3) is 5.65 Å². The number of nitrogens with one attached hydrogen (secondary N) is 1. The van der Waals surface area contributed by atoms with Crippen LogP contribution in [0, 0.1) is 5.92 Å². The highest BCUT2D eigenvalue weighted by atomic mass is 15.5. The molecule has 0 saturated carbocycles. The lowest BCUT2D eigenvalue weighted by Crippen LogP contribution is -2.16. The molecule has 86 valence electrons. The van der Waals surface area contributed by atoms with E-state index in [1.807, 2.05) is 0 Å². The van der Waals surface area contributed by atoms with E-state index < -0.39 is 0 Å². The zero-order valence-corrected chi connectivity index (χ0v) is 9.17. The molecule has 1 unspecified atom stereocenters. The summed E-state index contributed by atoms with van der Waals surface area (Å²) in [4.78, 5) is 4.06. The number of nitrogens with two attached hydrogens (primary N) is 1. The number of nitrogens with zero attached hydrogens (tertiary/aromatic N) is 5. The predicted molar refractivity (Wildman–Crippen MR) is 59.9 cm³/mol. The Hall–Kier alpha value is -1.76. The Labute approximate surface area is 93.0 Å². The predicted octanol–water partition coefficient (Wildman–Crippen LogP) is -0.0839. The first-order chi connectivity index (χ1) is 7.81. The number of fused-ring (bicyclic) bond motifs is 1. The zero-order valence-electron chi connectivity index (χ0n) is 9.17. The van der Waals surface area contributed by atoms with Crippen molar-refractivity contribution in [3.63, 3.8) is 0 Å². The molecule has 7 nitrogen and oxygen atoms in total. The van der Waals surface area contributed by atoms with E-state index in [1.165, 1.54) is 0 Å². The minimum Gasteiger partial charge on any atom is -0.368 e. The molecule has 0 radical (unpaired) electrons. The van der Waals surface area contributed by atoms with Gasteiger partial charge in [-0.05, 0) is 29.3 Å².